The molecule has 0 saturated heterocycles. The molecule has 21 heavy (non-hydrogen) atoms. The van der Waals surface area contributed by atoms with Crippen molar-refractivity contribution in [2.45, 2.75) is 0 Å². The molecule has 0 bridgehead atoms. The summed E-state index contributed by atoms with van der Waals surface area (Å²) in [4.78, 5) is 12.0. The molecule has 1 N–H and O–H groups in total. The first kappa shape index (κ1) is 14.7. The standard InChI is InChI=1S/C17H16O4/c1-20-14-7-3-12(4-8-14)5-9-15(18)13-6-10-17(21-2)16(19)11-13/h3-11,19H,1-2H3. The lowest BCUT2D eigenvalue weighted by Crippen LogP contribution is -1.94. The Balaban J connectivity index is 2.12. The number of methoxy groups -OCH3 is 2. The van der Waals surface area contributed by atoms with Crippen molar-refractivity contribution in [1.82, 2.24) is 0 Å². The van der Waals surface area contributed by atoms with Gasteiger partial charge in [0.05, 0.1) is 14.2 Å². The highest BCUT2D eigenvalue weighted by molar-refractivity contribution is 6.07. The minimum absolute atomic E-state index is 0.0544. The summed E-state index contributed by atoms with van der Waals surface area (Å²) in [6.07, 6.45) is 3.17. The molecule has 0 saturated carbocycles. The highest BCUT2D eigenvalue weighted by atomic mass is 16.5. The van der Waals surface area contributed by atoms with Crippen LogP contribution in [0, 0.1) is 0 Å². The monoisotopic (exact) mass is 284 g/mol. The molecular weight excluding hydrogens is 268 g/mol. The van der Waals surface area contributed by atoms with Crippen molar-refractivity contribution in [3.63, 3.8) is 0 Å². The Morgan fingerprint density at radius 3 is 2.33 bits per heavy atom. The molecule has 0 aliphatic rings. The lowest BCUT2D eigenvalue weighted by Gasteiger charge is -2.04. The molecule has 0 aliphatic carbocycles. The fourth-order valence-electron chi connectivity index (χ4n) is 1.83. The average Bonchev–Trinajstić information content (AvgIpc) is 2.53. The first-order chi connectivity index (χ1) is 10.1. The number of rotatable bonds is 5. The first-order valence-corrected chi connectivity index (χ1v) is 6.37. The second-order valence-electron chi connectivity index (χ2n) is 4.36. The summed E-state index contributed by atoms with van der Waals surface area (Å²) in [6.45, 7) is 0. The normalized spacial score (nSPS) is 10.6. The van der Waals surface area contributed by atoms with E-state index in [2.05, 4.69) is 0 Å². The third-order valence-electron chi connectivity index (χ3n) is 3.01. The van der Waals surface area contributed by atoms with Gasteiger partial charge < -0.3 is 14.6 Å². The molecular formula is C17H16O4. The van der Waals surface area contributed by atoms with Gasteiger partial charge in [-0.25, -0.2) is 0 Å². The van der Waals surface area contributed by atoms with Crippen molar-refractivity contribution in [3.8, 4) is 17.2 Å². The second kappa shape index (κ2) is 6.61. The minimum Gasteiger partial charge on any atom is -0.504 e. The summed E-state index contributed by atoms with van der Waals surface area (Å²) >= 11 is 0. The molecule has 108 valence electrons. The zero-order valence-electron chi connectivity index (χ0n) is 11.9. The predicted octanol–water partition coefficient (Wildman–Crippen LogP) is 3.31. The number of carbonyl (C=O) groups excluding carboxylic acids is 1. The summed E-state index contributed by atoms with van der Waals surface area (Å²) < 4.78 is 10.0. The zero-order valence-corrected chi connectivity index (χ0v) is 11.9. The molecule has 0 unspecified atom stereocenters. The molecule has 0 radical (unpaired) electrons. The van der Waals surface area contributed by atoms with Crippen LogP contribution in [0.5, 0.6) is 17.2 Å². The van der Waals surface area contributed by atoms with Crippen LogP contribution in [-0.4, -0.2) is 25.1 Å². The van der Waals surface area contributed by atoms with E-state index in [1.54, 1.807) is 25.3 Å². The summed E-state index contributed by atoms with van der Waals surface area (Å²) in [7, 11) is 3.06. The number of hydrogen-bond acceptors (Lipinski definition) is 4. The van der Waals surface area contributed by atoms with Gasteiger partial charge in [0.2, 0.25) is 0 Å². The van der Waals surface area contributed by atoms with E-state index in [1.165, 1.54) is 19.3 Å². The van der Waals surface area contributed by atoms with Gasteiger partial charge in [0, 0.05) is 5.56 Å². The first-order valence-electron chi connectivity index (χ1n) is 6.37. The van der Waals surface area contributed by atoms with Gasteiger partial charge in [-0.3, -0.25) is 4.79 Å². The number of ketones is 1. The van der Waals surface area contributed by atoms with Crippen molar-refractivity contribution in [2.24, 2.45) is 0 Å². The van der Waals surface area contributed by atoms with Crippen LogP contribution in [0.2, 0.25) is 0 Å². The largest absolute Gasteiger partial charge is 0.504 e. The SMILES string of the molecule is COc1ccc(C=CC(=O)c2ccc(OC)c(O)c2)cc1. The number of allylic oxidation sites excluding steroid dienone is 1. The van der Waals surface area contributed by atoms with Crippen LogP contribution in [0.15, 0.2) is 48.5 Å². The maximum absolute atomic E-state index is 12.0. The van der Waals surface area contributed by atoms with Crippen LogP contribution >= 0.6 is 0 Å². The smallest absolute Gasteiger partial charge is 0.185 e. The third-order valence-corrected chi connectivity index (χ3v) is 3.01. The molecule has 0 spiro atoms. The van der Waals surface area contributed by atoms with Gasteiger partial charge in [0.1, 0.15) is 5.75 Å². The van der Waals surface area contributed by atoms with E-state index in [1.807, 2.05) is 24.3 Å². The van der Waals surface area contributed by atoms with Crippen LogP contribution in [0.4, 0.5) is 0 Å². The maximum Gasteiger partial charge on any atom is 0.185 e. The number of phenols is 1. The van der Waals surface area contributed by atoms with Crippen LogP contribution in [0.1, 0.15) is 15.9 Å². The molecule has 0 fully saturated rings. The number of benzene rings is 2. The number of ether oxygens (including phenoxy) is 2. The zero-order chi connectivity index (χ0) is 15.2. The fraction of sp³-hybridized carbons (Fsp3) is 0.118. The number of hydrogen-bond donors (Lipinski definition) is 1. The lowest BCUT2D eigenvalue weighted by atomic mass is 10.1. The molecule has 0 aliphatic heterocycles. The molecule has 2 aromatic carbocycles. The Labute approximate surface area is 123 Å². The molecule has 2 aromatic rings. The Hall–Kier alpha value is -2.75. The van der Waals surface area contributed by atoms with Crippen molar-refractivity contribution in [2.75, 3.05) is 14.2 Å². The number of aromatic hydroxyl groups is 1. The van der Waals surface area contributed by atoms with Gasteiger partial charge in [0.15, 0.2) is 17.3 Å². The van der Waals surface area contributed by atoms with Crippen LogP contribution in [0.3, 0.4) is 0 Å². The van der Waals surface area contributed by atoms with Gasteiger partial charge in [0.25, 0.3) is 0 Å². The van der Waals surface area contributed by atoms with Gasteiger partial charge in [-0.2, -0.15) is 0 Å². The van der Waals surface area contributed by atoms with E-state index in [0.717, 1.165) is 11.3 Å². The van der Waals surface area contributed by atoms with Gasteiger partial charge >= 0.3 is 0 Å². The third kappa shape index (κ3) is 3.63. The van der Waals surface area contributed by atoms with E-state index < -0.39 is 0 Å². The van der Waals surface area contributed by atoms with Crippen LogP contribution < -0.4 is 9.47 Å². The maximum atomic E-state index is 12.0. The Bertz CT molecular complexity index is 657. The van der Waals surface area contributed by atoms with E-state index in [4.69, 9.17) is 9.47 Å². The molecule has 2 rings (SSSR count). The van der Waals surface area contributed by atoms with Crippen molar-refractivity contribution in [1.29, 1.82) is 0 Å². The van der Waals surface area contributed by atoms with E-state index >= 15 is 0 Å². The molecule has 0 aromatic heterocycles. The van der Waals surface area contributed by atoms with Gasteiger partial charge in [-0.05, 0) is 42.0 Å². The predicted molar refractivity (Wildman–Crippen MR) is 81.0 cm³/mol. The minimum atomic E-state index is -0.191. The summed E-state index contributed by atoms with van der Waals surface area (Å²) in [5.74, 6) is 0.856. The Kier molecular flexibility index (Phi) is 4.61. The molecule has 4 nitrogen and oxygen atoms in total. The number of carbonyl (C=O) groups is 1. The Morgan fingerprint density at radius 2 is 1.76 bits per heavy atom. The fourth-order valence-corrected chi connectivity index (χ4v) is 1.83. The van der Waals surface area contributed by atoms with Crippen LogP contribution in [-0.2, 0) is 0 Å². The number of phenolic OH excluding ortho intramolecular Hbond substituents is 1. The van der Waals surface area contributed by atoms with Crippen LogP contribution in [0.25, 0.3) is 6.08 Å². The highest BCUT2D eigenvalue weighted by Crippen LogP contribution is 2.26. The quantitative estimate of drug-likeness (QED) is 0.676. The summed E-state index contributed by atoms with van der Waals surface area (Å²) in [5, 5.41) is 9.67. The van der Waals surface area contributed by atoms with E-state index in [-0.39, 0.29) is 11.5 Å². The molecule has 0 amide bonds. The van der Waals surface area contributed by atoms with E-state index in [9.17, 15) is 9.90 Å². The van der Waals surface area contributed by atoms with Crippen molar-refractivity contribution in [3.05, 3.63) is 59.7 Å². The highest BCUT2D eigenvalue weighted by Gasteiger charge is 2.07. The topological polar surface area (TPSA) is 55.8 Å². The average molecular weight is 284 g/mol. The summed E-state index contributed by atoms with van der Waals surface area (Å²) in [5.41, 5.74) is 1.29. The van der Waals surface area contributed by atoms with Gasteiger partial charge in [-0.1, -0.05) is 18.2 Å². The molecule has 4 heteroatoms. The Morgan fingerprint density at radius 1 is 1.05 bits per heavy atom. The van der Waals surface area contributed by atoms with E-state index in [0.29, 0.717) is 11.3 Å². The molecule has 0 atom stereocenters. The summed E-state index contributed by atoms with van der Waals surface area (Å²) in [6, 6.07) is 11.9. The van der Waals surface area contributed by atoms with Crippen molar-refractivity contribution >= 4 is 11.9 Å². The molecule has 0 heterocycles. The lowest BCUT2D eigenvalue weighted by molar-refractivity contribution is 0.104. The van der Waals surface area contributed by atoms with Crippen molar-refractivity contribution < 1.29 is 19.4 Å². The van der Waals surface area contributed by atoms with Gasteiger partial charge in [-0.15, -0.1) is 0 Å². The second-order valence-corrected chi connectivity index (χ2v) is 4.36.